The Labute approximate surface area is 175 Å². The quantitative estimate of drug-likeness (QED) is 0.607. The molecule has 1 unspecified atom stereocenters. The number of hydrogen-bond acceptors (Lipinski definition) is 6. The Balaban J connectivity index is 1.57. The molecule has 0 aliphatic carbocycles. The fourth-order valence-electron chi connectivity index (χ4n) is 3.62. The van der Waals surface area contributed by atoms with E-state index in [2.05, 4.69) is 9.62 Å². The van der Waals surface area contributed by atoms with Gasteiger partial charge in [0.1, 0.15) is 5.58 Å². The van der Waals surface area contributed by atoms with Crippen LogP contribution in [-0.2, 0) is 14.8 Å². The maximum Gasteiger partial charge on any atom is 0.336 e. The number of sulfonamides is 1. The van der Waals surface area contributed by atoms with Crippen LogP contribution in [0, 0.1) is 6.92 Å². The molecule has 1 saturated heterocycles. The van der Waals surface area contributed by atoms with Crippen LogP contribution in [0.4, 0.5) is 0 Å². The number of nitrogens with one attached hydrogen (secondary N) is 1. The van der Waals surface area contributed by atoms with E-state index in [0.29, 0.717) is 24.2 Å². The molecule has 1 N–H and O–H groups in total. The fourth-order valence-corrected chi connectivity index (χ4v) is 4.70. The van der Waals surface area contributed by atoms with E-state index in [1.54, 1.807) is 6.07 Å². The van der Waals surface area contributed by atoms with E-state index in [4.69, 9.17) is 9.15 Å². The largest absolute Gasteiger partial charge is 0.423 e. The van der Waals surface area contributed by atoms with Gasteiger partial charge >= 0.3 is 5.63 Å². The van der Waals surface area contributed by atoms with Gasteiger partial charge in [-0.2, -0.15) is 0 Å². The fraction of sp³-hybridized carbons (Fsp3) is 0.318. The van der Waals surface area contributed by atoms with Crippen LogP contribution in [0.3, 0.4) is 0 Å². The zero-order valence-electron chi connectivity index (χ0n) is 16.7. The minimum Gasteiger partial charge on any atom is -0.423 e. The van der Waals surface area contributed by atoms with Crippen molar-refractivity contribution in [1.82, 2.24) is 9.62 Å². The van der Waals surface area contributed by atoms with Crippen LogP contribution in [0.1, 0.15) is 17.2 Å². The standard InChI is InChI=1S/C22H24N2O5S/c1-16-2-4-17(5-3-16)20(24-10-12-28-13-11-24)15-23-30(26,27)19-7-8-21-18(14-19)6-9-22(25)29-21/h2-9,14,20,23H,10-13,15H2,1H3. The molecule has 0 radical (unpaired) electrons. The summed E-state index contributed by atoms with van der Waals surface area (Å²) in [5.74, 6) is 0. The average molecular weight is 429 g/mol. The lowest BCUT2D eigenvalue weighted by molar-refractivity contribution is 0.0172. The molecule has 1 fully saturated rings. The van der Waals surface area contributed by atoms with Crippen molar-refractivity contribution in [3.63, 3.8) is 0 Å². The highest BCUT2D eigenvalue weighted by molar-refractivity contribution is 7.89. The molecule has 8 heteroatoms. The first-order valence-corrected chi connectivity index (χ1v) is 11.3. The number of aryl methyl sites for hydroxylation is 1. The highest BCUT2D eigenvalue weighted by atomic mass is 32.2. The Morgan fingerprint density at radius 1 is 1.03 bits per heavy atom. The topological polar surface area (TPSA) is 88.8 Å². The van der Waals surface area contributed by atoms with E-state index in [0.717, 1.165) is 24.2 Å². The van der Waals surface area contributed by atoms with Crippen LogP contribution in [0.15, 0.2) is 68.7 Å². The lowest BCUT2D eigenvalue weighted by atomic mass is 10.0. The molecule has 30 heavy (non-hydrogen) atoms. The molecule has 1 aliphatic rings. The van der Waals surface area contributed by atoms with Crippen molar-refractivity contribution >= 4 is 21.0 Å². The second-order valence-electron chi connectivity index (χ2n) is 7.38. The normalized spacial score (nSPS) is 16.6. The maximum absolute atomic E-state index is 13.0. The smallest absolute Gasteiger partial charge is 0.336 e. The third kappa shape index (κ3) is 4.62. The molecular formula is C22H24N2O5S. The van der Waals surface area contributed by atoms with Crippen molar-refractivity contribution in [3.05, 3.63) is 76.1 Å². The van der Waals surface area contributed by atoms with Gasteiger partial charge in [-0.25, -0.2) is 17.9 Å². The lowest BCUT2D eigenvalue weighted by Crippen LogP contribution is -2.43. The monoisotopic (exact) mass is 428 g/mol. The lowest BCUT2D eigenvalue weighted by Gasteiger charge is -2.35. The summed E-state index contributed by atoms with van der Waals surface area (Å²) in [6.45, 7) is 5.02. The van der Waals surface area contributed by atoms with Crippen LogP contribution in [0.5, 0.6) is 0 Å². The van der Waals surface area contributed by atoms with Crippen LogP contribution >= 0.6 is 0 Å². The Morgan fingerprint density at radius 2 is 1.77 bits per heavy atom. The molecule has 0 saturated carbocycles. The van der Waals surface area contributed by atoms with Crippen LogP contribution in [0.2, 0.25) is 0 Å². The number of nitrogens with zero attached hydrogens (tertiary/aromatic N) is 1. The summed E-state index contributed by atoms with van der Waals surface area (Å²) in [7, 11) is -3.74. The molecule has 1 aliphatic heterocycles. The Hall–Kier alpha value is -2.52. The van der Waals surface area contributed by atoms with Gasteiger partial charge in [-0.05, 0) is 36.8 Å². The van der Waals surface area contributed by atoms with Gasteiger partial charge in [0.05, 0.1) is 18.1 Å². The van der Waals surface area contributed by atoms with Gasteiger partial charge < -0.3 is 9.15 Å². The van der Waals surface area contributed by atoms with Crippen LogP contribution < -0.4 is 10.3 Å². The van der Waals surface area contributed by atoms with E-state index < -0.39 is 15.6 Å². The van der Waals surface area contributed by atoms with Gasteiger partial charge in [0.25, 0.3) is 0 Å². The van der Waals surface area contributed by atoms with Gasteiger partial charge in [-0.3, -0.25) is 4.90 Å². The summed E-state index contributed by atoms with van der Waals surface area (Å²) in [6.07, 6.45) is 0. The Bertz CT molecular complexity index is 1180. The molecule has 4 rings (SSSR count). The molecule has 158 valence electrons. The molecule has 0 bridgehead atoms. The third-order valence-corrected chi connectivity index (χ3v) is 6.74. The first-order chi connectivity index (χ1) is 14.4. The summed E-state index contributed by atoms with van der Waals surface area (Å²) >= 11 is 0. The summed E-state index contributed by atoms with van der Waals surface area (Å²) in [5, 5.41) is 0.556. The van der Waals surface area contributed by atoms with Gasteiger partial charge in [0.2, 0.25) is 10.0 Å². The minimum atomic E-state index is -3.74. The van der Waals surface area contributed by atoms with E-state index in [1.165, 1.54) is 24.3 Å². The second-order valence-corrected chi connectivity index (χ2v) is 9.15. The first kappa shape index (κ1) is 20.7. The summed E-state index contributed by atoms with van der Waals surface area (Å²) in [4.78, 5) is 13.7. The summed E-state index contributed by atoms with van der Waals surface area (Å²) < 4.78 is 39.2. The van der Waals surface area contributed by atoms with Crippen LogP contribution in [0.25, 0.3) is 11.0 Å². The number of hydrogen-bond donors (Lipinski definition) is 1. The number of rotatable bonds is 6. The average Bonchev–Trinajstić information content (AvgIpc) is 2.75. The maximum atomic E-state index is 13.0. The van der Waals surface area contributed by atoms with E-state index in [1.807, 2.05) is 31.2 Å². The Morgan fingerprint density at radius 3 is 2.50 bits per heavy atom. The number of ether oxygens (including phenoxy) is 1. The van der Waals surface area contributed by atoms with E-state index >= 15 is 0 Å². The molecule has 7 nitrogen and oxygen atoms in total. The molecule has 0 spiro atoms. The van der Waals surface area contributed by atoms with Crippen molar-refractivity contribution in [2.75, 3.05) is 32.8 Å². The molecule has 0 amide bonds. The summed E-state index contributed by atoms with van der Waals surface area (Å²) in [6, 6.07) is 15.4. The van der Waals surface area contributed by atoms with Crippen molar-refractivity contribution < 1.29 is 17.6 Å². The molecule has 2 heterocycles. The van der Waals surface area contributed by atoms with Gasteiger partial charge in [0.15, 0.2) is 0 Å². The van der Waals surface area contributed by atoms with Crippen molar-refractivity contribution in [1.29, 1.82) is 0 Å². The molecule has 3 aromatic rings. The second kappa shape index (κ2) is 8.69. The van der Waals surface area contributed by atoms with Gasteiger partial charge in [-0.1, -0.05) is 29.8 Å². The molecule has 1 atom stereocenters. The zero-order valence-corrected chi connectivity index (χ0v) is 17.5. The highest BCUT2D eigenvalue weighted by Gasteiger charge is 2.25. The minimum absolute atomic E-state index is 0.0947. The van der Waals surface area contributed by atoms with Gasteiger partial charge in [0, 0.05) is 37.1 Å². The summed E-state index contributed by atoms with van der Waals surface area (Å²) in [5.41, 5.74) is 2.10. The number of benzene rings is 2. The van der Waals surface area contributed by atoms with E-state index in [-0.39, 0.29) is 17.5 Å². The number of fused-ring (bicyclic) bond motifs is 1. The Kier molecular flexibility index (Phi) is 6.01. The SMILES string of the molecule is Cc1ccc(C(CNS(=O)(=O)c2ccc3oc(=O)ccc3c2)N2CCOCC2)cc1. The zero-order chi connectivity index (χ0) is 21.1. The first-order valence-electron chi connectivity index (χ1n) is 9.84. The van der Waals surface area contributed by atoms with Crippen LogP contribution in [-0.4, -0.2) is 46.2 Å². The number of morpholine rings is 1. The molecule has 1 aromatic heterocycles. The molecule has 2 aromatic carbocycles. The van der Waals surface area contributed by atoms with Gasteiger partial charge in [-0.15, -0.1) is 0 Å². The predicted molar refractivity (Wildman–Crippen MR) is 114 cm³/mol. The predicted octanol–water partition coefficient (Wildman–Crippen LogP) is 2.45. The third-order valence-electron chi connectivity index (χ3n) is 5.32. The van der Waals surface area contributed by atoms with Crippen molar-refractivity contribution in [2.45, 2.75) is 17.9 Å². The van der Waals surface area contributed by atoms with Crippen molar-refractivity contribution in [2.24, 2.45) is 0 Å². The van der Waals surface area contributed by atoms with Crippen molar-refractivity contribution in [3.8, 4) is 0 Å². The van der Waals surface area contributed by atoms with E-state index in [9.17, 15) is 13.2 Å². The highest BCUT2D eigenvalue weighted by Crippen LogP contribution is 2.23. The molecular weight excluding hydrogens is 404 g/mol.